The van der Waals surface area contributed by atoms with E-state index in [1.807, 2.05) is 0 Å². The molecule has 0 saturated carbocycles. The molecular formula is C11H7BrN2O3. The first kappa shape index (κ1) is 11.5. The van der Waals surface area contributed by atoms with E-state index in [0.29, 0.717) is 0 Å². The van der Waals surface area contributed by atoms with Crippen LogP contribution in [0.4, 0.5) is 0 Å². The third-order valence-electron chi connectivity index (χ3n) is 1.93. The van der Waals surface area contributed by atoms with E-state index in [9.17, 15) is 4.79 Å². The van der Waals surface area contributed by atoms with Crippen molar-refractivity contribution in [1.82, 2.24) is 9.97 Å². The van der Waals surface area contributed by atoms with Gasteiger partial charge in [-0.2, -0.15) is 0 Å². The highest BCUT2D eigenvalue weighted by Gasteiger charge is 2.12. The Morgan fingerprint density at radius 3 is 2.82 bits per heavy atom. The van der Waals surface area contributed by atoms with E-state index in [4.69, 9.17) is 9.84 Å². The lowest BCUT2D eigenvalue weighted by Crippen LogP contribution is -2.00. The lowest BCUT2D eigenvalue weighted by molar-refractivity contribution is 0.0694. The van der Waals surface area contributed by atoms with Gasteiger partial charge >= 0.3 is 5.97 Å². The zero-order chi connectivity index (χ0) is 12.3. The number of halogens is 1. The standard InChI is InChI=1S/C11H7BrN2O3/c12-7-1-2-8(11(15)16)9(5-7)17-10-6-13-3-4-14-10/h1-6H,(H,15,16). The van der Waals surface area contributed by atoms with Crippen molar-refractivity contribution in [2.75, 3.05) is 0 Å². The molecule has 0 spiro atoms. The molecule has 0 amide bonds. The van der Waals surface area contributed by atoms with Crippen LogP contribution in [0.1, 0.15) is 10.4 Å². The summed E-state index contributed by atoms with van der Waals surface area (Å²) >= 11 is 3.25. The van der Waals surface area contributed by atoms with Crippen molar-refractivity contribution in [3.05, 3.63) is 46.8 Å². The van der Waals surface area contributed by atoms with Crippen molar-refractivity contribution in [2.24, 2.45) is 0 Å². The van der Waals surface area contributed by atoms with Gasteiger partial charge in [-0.15, -0.1) is 0 Å². The maximum absolute atomic E-state index is 11.0. The minimum atomic E-state index is -1.06. The Morgan fingerprint density at radius 1 is 1.35 bits per heavy atom. The van der Waals surface area contributed by atoms with Gasteiger partial charge in [0.05, 0.1) is 6.20 Å². The zero-order valence-electron chi connectivity index (χ0n) is 8.50. The number of benzene rings is 1. The summed E-state index contributed by atoms with van der Waals surface area (Å²) in [6.45, 7) is 0. The second kappa shape index (κ2) is 4.92. The van der Waals surface area contributed by atoms with Crippen molar-refractivity contribution < 1.29 is 14.6 Å². The summed E-state index contributed by atoms with van der Waals surface area (Å²) in [6, 6.07) is 4.66. The van der Waals surface area contributed by atoms with Gasteiger partial charge in [0.25, 0.3) is 0 Å². The number of aromatic carboxylic acids is 1. The topological polar surface area (TPSA) is 72.3 Å². The van der Waals surface area contributed by atoms with Crippen LogP contribution in [0.25, 0.3) is 0 Å². The van der Waals surface area contributed by atoms with Crippen LogP contribution in [-0.4, -0.2) is 21.0 Å². The van der Waals surface area contributed by atoms with Gasteiger partial charge in [-0.25, -0.2) is 9.78 Å². The van der Waals surface area contributed by atoms with Gasteiger partial charge in [0.15, 0.2) is 0 Å². The number of carboxylic acid groups (broad SMARTS) is 1. The second-order valence-corrected chi connectivity index (χ2v) is 4.01. The maximum Gasteiger partial charge on any atom is 0.339 e. The minimum absolute atomic E-state index is 0.0684. The molecule has 1 aromatic heterocycles. The van der Waals surface area contributed by atoms with Crippen molar-refractivity contribution in [2.45, 2.75) is 0 Å². The first-order chi connectivity index (χ1) is 8.16. The Balaban J connectivity index is 2.37. The highest BCUT2D eigenvalue weighted by Crippen LogP contribution is 2.27. The summed E-state index contributed by atoms with van der Waals surface area (Å²) in [7, 11) is 0. The summed E-state index contributed by atoms with van der Waals surface area (Å²) in [6.07, 6.45) is 4.38. The number of ether oxygens (including phenoxy) is 1. The Morgan fingerprint density at radius 2 is 2.18 bits per heavy atom. The van der Waals surface area contributed by atoms with E-state index >= 15 is 0 Å². The monoisotopic (exact) mass is 294 g/mol. The number of rotatable bonds is 3. The quantitative estimate of drug-likeness (QED) is 0.942. The molecule has 1 aromatic carbocycles. The van der Waals surface area contributed by atoms with Crippen LogP contribution in [0, 0.1) is 0 Å². The highest BCUT2D eigenvalue weighted by atomic mass is 79.9. The Kier molecular flexibility index (Phi) is 3.34. The molecule has 6 heteroatoms. The normalized spacial score (nSPS) is 9.94. The summed E-state index contributed by atoms with van der Waals surface area (Å²) < 4.78 is 6.09. The molecule has 0 radical (unpaired) electrons. The number of hydrogen-bond acceptors (Lipinski definition) is 4. The van der Waals surface area contributed by atoms with Gasteiger partial charge in [-0.05, 0) is 18.2 Å². The lowest BCUT2D eigenvalue weighted by atomic mass is 10.2. The molecule has 1 heterocycles. The van der Waals surface area contributed by atoms with E-state index in [0.717, 1.165) is 4.47 Å². The highest BCUT2D eigenvalue weighted by molar-refractivity contribution is 9.10. The van der Waals surface area contributed by atoms with Crippen LogP contribution < -0.4 is 4.74 Å². The van der Waals surface area contributed by atoms with Gasteiger partial charge in [0.1, 0.15) is 11.3 Å². The first-order valence-corrected chi connectivity index (χ1v) is 5.43. The fourth-order valence-corrected chi connectivity index (χ4v) is 1.55. The van der Waals surface area contributed by atoms with Crippen LogP contribution in [0.3, 0.4) is 0 Å². The predicted molar refractivity (Wildman–Crippen MR) is 63.2 cm³/mol. The Labute approximate surface area is 105 Å². The molecular weight excluding hydrogens is 288 g/mol. The summed E-state index contributed by atoms with van der Waals surface area (Å²) in [5, 5.41) is 9.00. The number of carbonyl (C=O) groups is 1. The molecule has 2 aromatic rings. The molecule has 0 aliphatic rings. The maximum atomic E-state index is 11.0. The third-order valence-corrected chi connectivity index (χ3v) is 2.42. The fraction of sp³-hybridized carbons (Fsp3) is 0. The van der Waals surface area contributed by atoms with E-state index < -0.39 is 5.97 Å². The molecule has 86 valence electrons. The van der Waals surface area contributed by atoms with Crippen molar-refractivity contribution in [3.8, 4) is 11.6 Å². The van der Waals surface area contributed by atoms with Crippen LogP contribution >= 0.6 is 15.9 Å². The molecule has 5 nitrogen and oxygen atoms in total. The van der Waals surface area contributed by atoms with Crippen molar-refractivity contribution in [3.63, 3.8) is 0 Å². The van der Waals surface area contributed by atoms with Gasteiger partial charge in [-0.3, -0.25) is 4.98 Å². The van der Waals surface area contributed by atoms with Crippen LogP contribution in [0.5, 0.6) is 11.6 Å². The molecule has 0 aliphatic carbocycles. The summed E-state index contributed by atoms with van der Waals surface area (Å²) in [5.74, 6) is -0.600. The number of hydrogen-bond donors (Lipinski definition) is 1. The van der Waals surface area contributed by atoms with Crippen LogP contribution in [0.15, 0.2) is 41.3 Å². The number of aromatic nitrogens is 2. The van der Waals surface area contributed by atoms with Gasteiger partial charge in [0.2, 0.25) is 5.88 Å². The molecule has 0 saturated heterocycles. The van der Waals surface area contributed by atoms with Crippen LogP contribution in [-0.2, 0) is 0 Å². The van der Waals surface area contributed by atoms with E-state index in [1.54, 1.807) is 12.1 Å². The van der Waals surface area contributed by atoms with E-state index in [-0.39, 0.29) is 17.2 Å². The number of nitrogens with zero attached hydrogens (tertiary/aromatic N) is 2. The predicted octanol–water partition coefficient (Wildman–Crippen LogP) is 2.73. The fourth-order valence-electron chi connectivity index (χ4n) is 1.21. The number of carboxylic acids is 1. The molecule has 0 atom stereocenters. The van der Waals surface area contributed by atoms with Crippen molar-refractivity contribution >= 4 is 21.9 Å². The Bertz CT molecular complexity index is 546. The molecule has 0 fully saturated rings. The second-order valence-electron chi connectivity index (χ2n) is 3.09. The van der Waals surface area contributed by atoms with Crippen molar-refractivity contribution in [1.29, 1.82) is 0 Å². The van der Waals surface area contributed by atoms with Crippen LogP contribution in [0.2, 0.25) is 0 Å². The van der Waals surface area contributed by atoms with Gasteiger partial charge in [0, 0.05) is 16.9 Å². The first-order valence-electron chi connectivity index (χ1n) is 4.63. The lowest BCUT2D eigenvalue weighted by Gasteiger charge is -2.07. The SMILES string of the molecule is O=C(O)c1ccc(Br)cc1Oc1cnccn1. The largest absolute Gasteiger partial charge is 0.478 e. The molecule has 0 bridgehead atoms. The smallest absolute Gasteiger partial charge is 0.339 e. The van der Waals surface area contributed by atoms with E-state index in [1.165, 1.54) is 24.7 Å². The molecule has 0 aliphatic heterocycles. The Hall–Kier alpha value is -1.95. The van der Waals surface area contributed by atoms with Gasteiger partial charge in [-0.1, -0.05) is 15.9 Å². The zero-order valence-corrected chi connectivity index (χ0v) is 10.1. The minimum Gasteiger partial charge on any atom is -0.478 e. The summed E-state index contributed by atoms with van der Waals surface area (Å²) in [5.41, 5.74) is 0.0684. The average Bonchev–Trinajstić information content (AvgIpc) is 2.30. The molecule has 1 N–H and O–H groups in total. The summed E-state index contributed by atoms with van der Waals surface area (Å²) in [4.78, 5) is 18.7. The molecule has 17 heavy (non-hydrogen) atoms. The molecule has 2 rings (SSSR count). The van der Waals surface area contributed by atoms with E-state index in [2.05, 4.69) is 25.9 Å². The van der Waals surface area contributed by atoms with Gasteiger partial charge < -0.3 is 9.84 Å². The average molecular weight is 295 g/mol. The molecule has 0 unspecified atom stereocenters. The third kappa shape index (κ3) is 2.79.